The molecule has 2 fully saturated rings. The van der Waals surface area contributed by atoms with Gasteiger partial charge in [0.25, 0.3) is 0 Å². The van der Waals surface area contributed by atoms with Gasteiger partial charge in [-0.15, -0.1) is 0 Å². The van der Waals surface area contributed by atoms with Gasteiger partial charge in [-0.2, -0.15) is 0 Å². The fourth-order valence-corrected chi connectivity index (χ4v) is 2.92. The van der Waals surface area contributed by atoms with E-state index in [4.69, 9.17) is 5.11 Å². The molecule has 0 saturated carbocycles. The van der Waals surface area contributed by atoms with Crippen molar-refractivity contribution >= 4 is 12.0 Å². The van der Waals surface area contributed by atoms with E-state index in [1.165, 1.54) is 0 Å². The van der Waals surface area contributed by atoms with E-state index in [0.29, 0.717) is 19.5 Å². The Morgan fingerprint density at radius 2 is 1.94 bits per heavy atom. The Morgan fingerprint density at radius 3 is 2.50 bits per heavy atom. The molecule has 18 heavy (non-hydrogen) atoms. The number of nitrogens with zero attached hydrogens (tertiary/aromatic N) is 2. The monoisotopic (exact) mass is 254 g/mol. The summed E-state index contributed by atoms with van der Waals surface area (Å²) in [7, 11) is 0. The number of amides is 2. The summed E-state index contributed by atoms with van der Waals surface area (Å²) >= 11 is 0. The van der Waals surface area contributed by atoms with Crippen LogP contribution in [0.25, 0.3) is 0 Å². The number of carbonyl (C=O) groups is 2. The van der Waals surface area contributed by atoms with Crippen molar-refractivity contribution in [2.75, 3.05) is 26.2 Å². The van der Waals surface area contributed by atoms with E-state index in [-0.39, 0.29) is 17.4 Å². The van der Waals surface area contributed by atoms with Crippen LogP contribution in [0.4, 0.5) is 4.79 Å². The molecular formula is C13H22N2O3. The van der Waals surface area contributed by atoms with Crippen molar-refractivity contribution < 1.29 is 14.7 Å². The van der Waals surface area contributed by atoms with Crippen LogP contribution in [0, 0.1) is 11.3 Å². The minimum Gasteiger partial charge on any atom is -0.481 e. The summed E-state index contributed by atoms with van der Waals surface area (Å²) in [5.41, 5.74) is 0.180. The van der Waals surface area contributed by atoms with Crippen LogP contribution < -0.4 is 0 Å². The molecule has 2 amide bonds. The zero-order valence-electron chi connectivity index (χ0n) is 11.2. The molecule has 2 heterocycles. The van der Waals surface area contributed by atoms with Gasteiger partial charge in [0.2, 0.25) is 0 Å². The van der Waals surface area contributed by atoms with Crippen molar-refractivity contribution in [3.8, 4) is 0 Å². The average molecular weight is 254 g/mol. The standard InChI is InChI=1S/C13H22N2O3/c1-13(2)5-3-6-15(9-13)12(18)14-7-4-10(8-14)11(16)17/h10H,3-9H2,1-2H3,(H,16,17). The zero-order chi connectivity index (χ0) is 13.3. The average Bonchev–Trinajstić information content (AvgIpc) is 2.76. The number of aliphatic carboxylic acids is 1. The second-order valence-corrected chi connectivity index (χ2v) is 6.24. The molecule has 102 valence electrons. The highest BCUT2D eigenvalue weighted by molar-refractivity contribution is 5.77. The predicted octanol–water partition coefficient (Wildman–Crippen LogP) is 1.63. The second kappa shape index (κ2) is 4.78. The maximum absolute atomic E-state index is 12.3. The number of carboxylic acids is 1. The Morgan fingerprint density at radius 1 is 1.22 bits per heavy atom. The van der Waals surface area contributed by atoms with Crippen LogP contribution in [0.1, 0.15) is 33.1 Å². The summed E-state index contributed by atoms with van der Waals surface area (Å²) < 4.78 is 0. The number of carbonyl (C=O) groups excluding carboxylic acids is 1. The minimum absolute atomic E-state index is 0.0199. The molecule has 0 aromatic heterocycles. The van der Waals surface area contributed by atoms with E-state index < -0.39 is 5.97 Å². The number of rotatable bonds is 1. The first-order chi connectivity index (χ1) is 8.39. The third-order valence-corrected chi connectivity index (χ3v) is 3.98. The van der Waals surface area contributed by atoms with Gasteiger partial charge in [0.1, 0.15) is 0 Å². The first-order valence-corrected chi connectivity index (χ1v) is 6.66. The Balaban J connectivity index is 1.94. The lowest BCUT2D eigenvalue weighted by Gasteiger charge is -2.39. The molecule has 1 N–H and O–H groups in total. The van der Waals surface area contributed by atoms with Gasteiger partial charge in [-0.25, -0.2) is 4.79 Å². The van der Waals surface area contributed by atoms with Gasteiger partial charge < -0.3 is 14.9 Å². The zero-order valence-corrected chi connectivity index (χ0v) is 11.2. The van der Waals surface area contributed by atoms with Gasteiger partial charge in [0.15, 0.2) is 0 Å². The number of carboxylic acid groups (broad SMARTS) is 1. The second-order valence-electron chi connectivity index (χ2n) is 6.24. The van der Waals surface area contributed by atoms with Crippen LogP contribution in [0.15, 0.2) is 0 Å². The van der Waals surface area contributed by atoms with Gasteiger partial charge in [-0.1, -0.05) is 13.8 Å². The number of hydrogen-bond acceptors (Lipinski definition) is 2. The van der Waals surface area contributed by atoms with E-state index in [9.17, 15) is 9.59 Å². The van der Waals surface area contributed by atoms with Gasteiger partial charge in [-0.05, 0) is 24.7 Å². The summed E-state index contributed by atoms with van der Waals surface area (Å²) in [4.78, 5) is 26.8. The highest BCUT2D eigenvalue weighted by atomic mass is 16.4. The van der Waals surface area contributed by atoms with Crippen LogP contribution in [0.3, 0.4) is 0 Å². The molecule has 0 aromatic carbocycles. The molecule has 2 aliphatic heterocycles. The Bertz CT molecular complexity index is 354. The Hall–Kier alpha value is -1.26. The molecule has 0 spiro atoms. The topological polar surface area (TPSA) is 60.9 Å². The number of piperidine rings is 1. The molecule has 5 heteroatoms. The van der Waals surface area contributed by atoms with E-state index in [2.05, 4.69) is 13.8 Å². The van der Waals surface area contributed by atoms with E-state index in [0.717, 1.165) is 25.9 Å². The molecule has 0 radical (unpaired) electrons. The number of urea groups is 1. The first-order valence-electron chi connectivity index (χ1n) is 6.66. The highest BCUT2D eigenvalue weighted by Crippen LogP contribution is 2.29. The molecule has 0 aliphatic carbocycles. The fraction of sp³-hybridized carbons (Fsp3) is 0.846. The summed E-state index contributed by atoms with van der Waals surface area (Å²) in [6.07, 6.45) is 2.77. The van der Waals surface area contributed by atoms with Crippen molar-refractivity contribution in [3.63, 3.8) is 0 Å². The molecule has 2 aliphatic rings. The third-order valence-electron chi connectivity index (χ3n) is 3.98. The van der Waals surface area contributed by atoms with Crippen LogP contribution in [-0.2, 0) is 4.79 Å². The maximum atomic E-state index is 12.3. The lowest BCUT2D eigenvalue weighted by molar-refractivity contribution is -0.141. The molecular weight excluding hydrogens is 232 g/mol. The van der Waals surface area contributed by atoms with Crippen LogP contribution >= 0.6 is 0 Å². The highest BCUT2D eigenvalue weighted by Gasteiger charge is 2.36. The van der Waals surface area contributed by atoms with E-state index in [1.807, 2.05) is 4.90 Å². The van der Waals surface area contributed by atoms with Gasteiger partial charge in [-0.3, -0.25) is 4.79 Å². The van der Waals surface area contributed by atoms with E-state index in [1.54, 1.807) is 4.90 Å². The van der Waals surface area contributed by atoms with Crippen molar-refractivity contribution in [1.82, 2.24) is 9.80 Å². The van der Waals surface area contributed by atoms with Crippen molar-refractivity contribution in [2.45, 2.75) is 33.1 Å². The van der Waals surface area contributed by atoms with Crippen LogP contribution in [-0.4, -0.2) is 53.1 Å². The third kappa shape index (κ3) is 2.76. The fourth-order valence-electron chi connectivity index (χ4n) is 2.92. The SMILES string of the molecule is CC1(C)CCCN(C(=O)N2CCC(C(=O)O)C2)C1. The molecule has 0 bridgehead atoms. The molecule has 2 rings (SSSR count). The largest absolute Gasteiger partial charge is 0.481 e. The van der Waals surface area contributed by atoms with Crippen LogP contribution in [0.2, 0.25) is 0 Å². The lowest BCUT2D eigenvalue weighted by Crippen LogP contribution is -2.49. The molecule has 0 aromatic rings. The minimum atomic E-state index is -0.788. The van der Waals surface area contributed by atoms with Gasteiger partial charge >= 0.3 is 12.0 Å². The lowest BCUT2D eigenvalue weighted by atomic mass is 9.84. The Labute approximate surface area is 108 Å². The molecule has 1 atom stereocenters. The van der Waals surface area contributed by atoms with Crippen molar-refractivity contribution in [3.05, 3.63) is 0 Å². The summed E-state index contributed by atoms with van der Waals surface area (Å²) in [6.45, 7) is 6.88. The normalized spacial score (nSPS) is 27.3. The molecule has 5 nitrogen and oxygen atoms in total. The number of hydrogen-bond donors (Lipinski definition) is 1. The van der Waals surface area contributed by atoms with Crippen LogP contribution in [0.5, 0.6) is 0 Å². The number of likely N-dealkylation sites (tertiary alicyclic amines) is 2. The molecule has 2 saturated heterocycles. The van der Waals surface area contributed by atoms with E-state index >= 15 is 0 Å². The predicted molar refractivity (Wildman–Crippen MR) is 67.3 cm³/mol. The summed E-state index contributed by atoms with van der Waals surface area (Å²) in [5.74, 6) is -1.17. The Kier molecular flexibility index (Phi) is 3.50. The maximum Gasteiger partial charge on any atom is 0.320 e. The van der Waals surface area contributed by atoms with Crippen molar-refractivity contribution in [2.24, 2.45) is 11.3 Å². The smallest absolute Gasteiger partial charge is 0.320 e. The van der Waals surface area contributed by atoms with Gasteiger partial charge in [0.05, 0.1) is 5.92 Å². The van der Waals surface area contributed by atoms with Crippen molar-refractivity contribution in [1.29, 1.82) is 0 Å². The quantitative estimate of drug-likeness (QED) is 0.773. The molecule has 1 unspecified atom stereocenters. The summed E-state index contributed by atoms with van der Waals surface area (Å²) in [6, 6.07) is 0.0199. The first kappa shape index (κ1) is 13.2. The van der Waals surface area contributed by atoms with Gasteiger partial charge in [0, 0.05) is 26.2 Å². The summed E-state index contributed by atoms with van der Waals surface area (Å²) in [5, 5.41) is 8.95.